The van der Waals surface area contributed by atoms with Crippen LogP contribution in [-0.4, -0.2) is 14.8 Å². The van der Waals surface area contributed by atoms with Crippen LogP contribution in [0.4, 0.5) is 8.78 Å². The lowest BCUT2D eigenvalue weighted by molar-refractivity contribution is 0.588. The molecule has 0 atom stereocenters. The van der Waals surface area contributed by atoms with Gasteiger partial charge in [-0.05, 0) is 18.3 Å². The van der Waals surface area contributed by atoms with Crippen molar-refractivity contribution in [3.8, 4) is 11.8 Å². The van der Waals surface area contributed by atoms with Crippen LogP contribution in [0.25, 0.3) is 5.69 Å². The maximum atomic E-state index is 13.6. The Bertz CT molecular complexity index is 709. The van der Waals surface area contributed by atoms with Crippen LogP contribution in [0.15, 0.2) is 16.9 Å². The Morgan fingerprint density at radius 1 is 1.29 bits per heavy atom. The first-order valence-corrected chi connectivity index (χ1v) is 4.74. The van der Waals surface area contributed by atoms with E-state index in [0.29, 0.717) is 6.07 Å². The highest BCUT2D eigenvalue weighted by Gasteiger charge is 2.14. The van der Waals surface area contributed by atoms with Crippen LogP contribution >= 0.6 is 12.2 Å². The molecular formula is C9H4F2N4OS. The molecule has 0 unspecified atom stereocenters. The molecule has 0 aliphatic heterocycles. The van der Waals surface area contributed by atoms with Crippen LogP contribution in [0, 0.1) is 27.7 Å². The first-order chi connectivity index (χ1) is 8.04. The van der Waals surface area contributed by atoms with E-state index in [4.69, 9.17) is 17.5 Å². The van der Waals surface area contributed by atoms with Crippen molar-refractivity contribution in [1.29, 1.82) is 5.26 Å². The van der Waals surface area contributed by atoms with E-state index in [9.17, 15) is 13.6 Å². The molecule has 1 heterocycles. The quantitative estimate of drug-likeness (QED) is 0.754. The van der Waals surface area contributed by atoms with E-state index in [1.807, 2.05) is 0 Å². The topological polar surface area (TPSA) is 77.4 Å². The zero-order valence-corrected chi connectivity index (χ0v) is 8.94. The Balaban J connectivity index is 2.79. The Morgan fingerprint density at radius 2 is 2.00 bits per heavy atom. The third-order valence-electron chi connectivity index (χ3n) is 2.08. The molecule has 17 heavy (non-hydrogen) atoms. The van der Waals surface area contributed by atoms with Crippen molar-refractivity contribution in [2.24, 2.45) is 0 Å². The predicted molar refractivity (Wildman–Crippen MR) is 56.2 cm³/mol. The van der Waals surface area contributed by atoms with Crippen molar-refractivity contribution in [3.05, 3.63) is 44.6 Å². The molecular weight excluding hydrogens is 250 g/mol. The largest absolute Gasteiger partial charge is 0.347 e. The lowest BCUT2D eigenvalue weighted by Gasteiger charge is -2.03. The van der Waals surface area contributed by atoms with E-state index in [1.165, 1.54) is 6.07 Å². The molecule has 1 aromatic carbocycles. The van der Waals surface area contributed by atoms with E-state index in [1.54, 1.807) is 0 Å². The summed E-state index contributed by atoms with van der Waals surface area (Å²) in [5.74, 6) is -1.84. The smallest absolute Gasteiger partial charge is 0.272 e. The number of hydrogen-bond donors (Lipinski definition) is 2. The van der Waals surface area contributed by atoms with Gasteiger partial charge in [0.15, 0.2) is 0 Å². The maximum absolute atomic E-state index is 13.6. The summed E-state index contributed by atoms with van der Waals surface area (Å²) in [5, 5.41) is 12.9. The van der Waals surface area contributed by atoms with Gasteiger partial charge in [-0.2, -0.15) is 5.26 Å². The molecule has 5 nitrogen and oxygen atoms in total. The van der Waals surface area contributed by atoms with Crippen molar-refractivity contribution < 1.29 is 8.78 Å². The van der Waals surface area contributed by atoms with Gasteiger partial charge in [-0.3, -0.25) is 5.10 Å². The molecule has 2 rings (SSSR count). The van der Waals surface area contributed by atoms with E-state index >= 15 is 0 Å². The van der Waals surface area contributed by atoms with Gasteiger partial charge in [0.2, 0.25) is 4.77 Å². The first kappa shape index (κ1) is 11.2. The third-order valence-corrected chi connectivity index (χ3v) is 2.37. The minimum absolute atomic E-state index is 0.0991. The van der Waals surface area contributed by atoms with Crippen LogP contribution in [-0.2, 0) is 0 Å². The minimum Gasteiger partial charge on any atom is -0.272 e. The molecule has 2 N–H and O–H groups in total. The van der Waals surface area contributed by atoms with E-state index < -0.39 is 22.9 Å². The van der Waals surface area contributed by atoms with Crippen molar-refractivity contribution in [3.63, 3.8) is 0 Å². The van der Waals surface area contributed by atoms with Gasteiger partial charge in [-0.15, -0.1) is 0 Å². The molecule has 0 aliphatic carbocycles. The van der Waals surface area contributed by atoms with Gasteiger partial charge in [0, 0.05) is 6.07 Å². The number of benzene rings is 1. The summed E-state index contributed by atoms with van der Waals surface area (Å²) in [5.41, 5.74) is -1.52. The molecule has 0 saturated heterocycles. The van der Waals surface area contributed by atoms with Gasteiger partial charge in [0.05, 0.1) is 11.3 Å². The number of nitriles is 1. The van der Waals surface area contributed by atoms with Crippen LogP contribution in [0.1, 0.15) is 5.56 Å². The molecule has 0 fully saturated rings. The lowest BCUT2D eigenvalue weighted by Crippen LogP contribution is -2.16. The second-order valence-corrected chi connectivity index (χ2v) is 3.48. The number of aromatic nitrogens is 3. The third kappa shape index (κ3) is 1.76. The fourth-order valence-corrected chi connectivity index (χ4v) is 1.56. The molecule has 86 valence electrons. The zero-order chi connectivity index (χ0) is 12.6. The second kappa shape index (κ2) is 3.95. The molecule has 8 heteroatoms. The van der Waals surface area contributed by atoms with Crippen molar-refractivity contribution >= 4 is 12.2 Å². The Hall–Kier alpha value is -2.27. The van der Waals surface area contributed by atoms with Gasteiger partial charge in [-0.1, -0.05) is 0 Å². The molecule has 0 spiro atoms. The van der Waals surface area contributed by atoms with E-state index in [2.05, 4.69) is 10.2 Å². The fraction of sp³-hybridized carbons (Fsp3) is 0. The Labute approximate surface area is 97.9 Å². The fourth-order valence-electron chi connectivity index (χ4n) is 1.32. The van der Waals surface area contributed by atoms with Gasteiger partial charge in [-0.25, -0.2) is 23.2 Å². The average molecular weight is 254 g/mol. The van der Waals surface area contributed by atoms with Crippen LogP contribution in [0.3, 0.4) is 0 Å². The number of nitrogens with zero attached hydrogens (tertiary/aromatic N) is 2. The summed E-state index contributed by atoms with van der Waals surface area (Å²) in [6.07, 6.45) is 0. The molecule has 0 aliphatic rings. The van der Waals surface area contributed by atoms with Gasteiger partial charge in [0.1, 0.15) is 17.7 Å². The zero-order valence-electron chi connectivity index (χ0n) is 8.12. The second-order valence-electron chi connectivity index (χ2n) is 3.09. The van der Waals surface area contributed by atoms with Gasteiger partial charge >= 0.3 is 5.69 Å². The number of aromatic amines is 2. The normalized spacial score (nSPS) is 10.2. The van der Waals surface area contributed by atoms with Crippen LogP contribution in [0.5, 0.6) is 0 Å². The standard InChI is InChI=1S/C9H4F2N4OS/c10-5-2-7(6(11)1-4(5)3-12)15-8(16)13-14-9(15)17/h1-2H,(H,13,16)(H,14,17). The average Bonchev–Trinajstić information content (AvgIpc) is 2.62. The Morgan fingerprint density at radius 3 is 2.53 bits per heavy atom. The summed E-state index contributed by atoms with van der Waals surface area (Å²) in [7, 11) is 0. The monoisotopic (exact) mass is 254 g/mol. The first-order valence-electron chi connectivity index (χ1n) is 4.34. The summed E-state index contributed by atoms with van der Waals surface area (Å²) >= 11 is 4.74. The number of hydrogen-bond acceptors (Lipinski definition) is 3. The molecule has 0 radical (unpaired) electrons. The summed E-state index contributed by atoms with van der Waals surface area (Å²) in [4.78, 5) is 11.3. The van der Waals surface area contributed by atoms with Gasteiger partial charge < -0.3 is 0 Å². The van der Waals surface area contributed by atoms with Crippen molar-refractivity contribution in [1.82, 2.24) is 14.8 Å². The van der Waals surface area contributed by atoms with Crippen LogP contribution in [0.2, 0.25) is 0 Å². The minimum atomic E-state index is -0.925. The number of halogens is 2. The summed E-state index contributed by atoms with van der Waals surface area (Å²) in [6.45, 7) is 0. The highest BCUT2D eigenvalue weighted by molar-refractivity contribution is 7.71. The molecule has 0 amide bonds. The number of nitrogens with one attached hydrogen (secondary N) is 2. The Kier molecular flexibility index (Phi) is 2.61. The summed E-state index contributed by atoms with van der Waals surface area (Å²) in [6, 6.07) is 2.94. The van der Waals surface area contributed by atoms with Crippen molar-refractivity contribution in [2.45, 2.75) is 0 Å². The summed E-state index contributed by atoms with van der Waals surface area (Å²) < 4.78 is 27.6. The molecule has 1 aromatic heterocycles. The number of H-pyrrole nitrogens is 2. The number of rotatable bonds is 1. The molecule has 0 bridgehead atoms. The highest BCUT2D eigenvalue weighted by atomic mass is 32.1. The van der Waals surface area contributed by atoms with Gasteiger partial charge in [0.25, 0.3) is 0 Å². The molecule has 2 aromatic rings. The van der Waals surface area contributed by atoms with Crippen LogP contribution < -0.4 is 5.69 Å². The van der Waals surface area contributed by atoms with Crippen molar-refractivity contribution in [2.75, 3.05) is 0 Å². The van der Waals surface area contributed by atoms with E-state index in [-0.39, 0.29) is 10.5 Å². The predicted octanol–water partition coefficient (Wildman–Crippen LogP) is 1.37. The molecule has 0 saturated carbocycles. The highest BCUT2D eigenvalue weighted by Crippen LogP contribution is 2.17. The maximum Gasteiger partial charge on any atom is 0.347 e. The lowest BCUT2D eigenvalue weighted by atomic mass is 10.2. The SMILES string of the molecule is N#Cc1cc(F)c(-n2c(=O)[nH][nH]c2=S)cc1F. The van der Waals surface area contributed by atoms with E-state index in [0.717, 1.165) is 10.6 Å².